The average Bonchev–Trinajstić information content (AvgIpc) is 2.25. The molecule has 0 bridgehead atoms. The van der Waals surface area contributed by atoms with Crippen LogP contribution in [0.5, 0.6) is 0 Å². The van der Waals surface area contributed by atoms with Crippen molar-refractivity contribution in [1.82, 2.24) is 0 Å². The van der Waals surface area contributed by atoms with Crippen LogP contribution in [0.4, 0.5) is 0 Å². The van der Waals surface area contributed by atoms with Gasteiger partial charge in [-0.15, -0.1) is 0 Å². The van der Waals surface area contributed by atoms with Gasteiger partial charge in [-0.25, -0.2) is 0 Å². The van der Waals surface area contributed by atoms with E-state index in [0.29, 0.717) is 5.41 Å². The first-order chi connectivity index (χ1) is 7.54. The van der Waals surface area contributed by atoms with Crippen LogP contribution in [-0.4, -0.2) is 6.17 Å². The first-order valence-electron chi connectivity index (χ1n) is 7.05. The van der Waals surface area contributed by atoms with Gasteiger partial charge in [0.15, 0.2) is 0 Å². The van der Waals surface area contributed by atoms with E-state index < -0.39 is 0 Å². The summed E-state index contributed by atoms with van der Waals surface area (Å²) in [6.07, 6.45) is 11.4. The summed E-state index contributed by atoms with van der Waals surface area (Å²) in [5.41, 5.74) is 11.7. The summed E-state index contributed by atoms with van der Waals surface area (Å²) >= 11 is 0. The minimum Gasteiger partial charge on any atom is -0.316 e. The van der Waals surface area contributed by atoms with Crippen LogP contribution >= 0.6 is 0 Å². The van der Waals surface area contributed by atoms with Crippen LogP contribution in [0.3, 0.4) is 0 Å². The molecule has 0 spiro atoms. The van der Waals surface area contributed by atoms with E-state index in [1.807, 2.05) is 0 Å². The number of unbranched alkanes of at least 4 members (excludes halogenated alkanes) is 3. The lowest BCUT2D eigenvalue weighted by Crippen LogP contribution is -2.30. The van der Waals surface area contributed by atoms with Gasteiger partial charge in [-0.1, -0.05) is 59.3 Å². The van der Waals surface area contributed by atoms with Gasteiger partial charge in [-0.3, -0.25) is 0 Å². The van der Waals surface area contributed by atoms with Gasteiger partial charge in [0.1, 0.15) is 0 Å². The van der Waals surface area contributed by atoms with Crippen molar-refractivity contribution in [2.45, 2.75) is 84.7 Å². The Hall–Kier alpha value is -0.0800. The highest BCUT2D eigenvalue weighted by Crippen LogP contribution is 2.34. The first kappa shape index (κ1) is 15.9. The predicted octanol–water partition coefficient (Wildman–Crippen LogP) is 3.79. The van der Waals surface area contributed by atoms with Crippen molar-refractivity contribution in [3.63, 3.8) is 0 Å². The zero-order valence-electron chi connectivity index (χ0n) is 11.6. The topological polar surface area (TPSA) is 52.0 Å². The van der Waals surface area contributed by atoms with Crippen LogP contribution in [0.25, 0.3) is 0 Å². The van der Waals surface area contributed by atoms with Crippen LogP contribution in [0, 0.1) is 5.41 Å². The zero-order valence-corrected chi connectivity index (χ0v) is 11.6. The summed E-state index contributed by atoms with van der Waals surface area (Å²) in [5.74, 6) is 0. The van der Waals surface area contributed by atoms with Gasteiger partial charge in [0.25, 0.3) is 0 Å². The van der Waals surface area contributed by atoms with Gasteiger partial charge in [0.05, 0.1) is 6.17 Å². The largest absolute Gasteiger partial charge is 0.316 e. The van der Waals surface area contributed by atoms with Crippen molar-refractivity contribution in [2.24, 2.45) is 16.9 Å². The Bertz CT molecular complexity index is 157. The number of nitrogens with two attached hydrogens (primary N) is 2. The van der Waals surface area contributed by atoms with Crippen LogP contribution < -0.4 is 11.5 Å². The third-order valence-electron chi connectivity index (χ3n) is 3.81. The highest BCUT2D eigenvalue weighted by molar-refractivity contribution is 4.73. The maximum absolute atomic E-state index is 5.55. The molecule has 2 nitrogen and oxygen atoms in total. The third kappa shape index (κ3) is 8.12. The molecule has 1 unspecified atom stereocenters. The fraction of sp³-hybridized carbons (Fsp3) is 1.00. The lowest BCUT2D eigenvalue weighted by molar-refractivity contribution is 0.241. The van der Waals surface area contributed by atoms with E-state index >= 15 is 0 Å². The van der Waals surface area contributed by atoms with E-state index in [1.54, 1.807) is 0 Å². The number of rotatable bonds is 10. The molecule has 4 N–H and O–H groups in total. The van der Waals surface area contributed by atoms with Crippen LogP contribution in [0.15, 0.2) is 0 Å². The molecule has 0 aliphatic heterocycles. The Labute approximate surface area is 102 Å². The highest BCUT2D eigenvalue weighted by Gasteiger charge is 2.20. The van der Waals surface area contributed by atoms with Crippen LogP contribution in [0.1, 0.15) is 78.6 Å². The molecule has 0 aliphatic carbocycles. The second-order valence-corrected chi connectivity index (χ2v) is 5.53. The average molecular weight is 228 g/mol. The number of hydrogen-bond acceptors (Lipinski definition) is 2. The normalized spacial score (nSPS) is 15.4. The maximum atomic E-state index is 5.55. The highest BCUT2D eigenvalue weighted by atomic mass is 14.8. The first-order valence-corrected chi connectivity index (χ1v) is 7.05. The summed E-state index contributed by atoms with van der Waals surface area (Å²) in [6, 6.07) is 0. The number of hydrogen-bond donors (Lipinski definition) is 2. The molecule has 0 aromatic heterocycles. The molecular formula is C14H32N2. The van der Waals surface area contributed by atoms with E-state index in [1.165, 1.54) is 51.4 Å². The second kappa shape index (κ2) is 9.00. The van der Waals surface area contributed by atoms with E-state index in [0.717, 1.165) is 6.42 Å². The van der Waals surface area contributed by atoms with Gasteiger partial charge < -0.3 is 11.5 Å². The molecule has 0 saturated heterocycles. The second-order valence-electron chi connectivity index (χ2n) is 5.53. The molecule has 98 valence electrons. The molecule has 2 heteroatoms. The van der Waals surface area contributed by atoms with E-state index in [-0.39, 0.29) is 6.17 Å². The SMILES string of the molecule is CCCCCC(C)(CC)CCCCC(N)N. The predicted molar refractivity (Wildman–Crippen MR) is 73.2 cm³/mol. The smallest absolute Gasteiger partial charge is 0.0520 e. The fourth-order valence-electron chi connectivity index (χ4n) is 2.21. The summed E-state index contributed by atoms with van der Waals surface area (Å²) in [6.45, 7) is 7.03. The van der Waals surface area contributed by atoms with E-state index in [2.05, 4.69) is 20.8 Å². The van der Waals surface area contributed by atoms with Crippen molar-refractivity contribution in [2.75, 3.05) is 0 Å². The van der Waals surface area contributed by atoms with Gasteiger partial charge in [0, 0.05) is 0 Å². The van der Waals surface area contributed by atoms with Gasteiger partial charge in [-0.2, -0.15) is 0 Å². The molecule has 0 aliphatic rings. The van der Waals surface area contributed by atoms with Crippen molar-refractivity contribution in [3.05, 3.63) is 0 Å². The Morgan fingerprint density at radius 3 is 1.94 bits per heavy atom. The van der Waals surface area contributed by atoms with Gasteiger partial charge >= 0.3 is 0 Å². The van der Waals surface area contributed by atoms with Crippen molar-refractivity contribution in [1.29, 1.82) is 0 Å². The quantitative estimate of drug-likeness (QED) is 0.441. The Morgan fingerprint density at radius 1 is 0.938 bits per heavy atom. The van der Waals surface area contributed by atoms with E-state index in [9.17, 15) is 0 Å². The Kier molecular flexibility index (Phi) is 8.96. The molecular weight excluding hydrogens is 196 g/mol. The molecule has 0 saturated carbocycles. The summed E-state index contributed by atoms with van der Waals surface area (Å²) < 4.78 is 0. The van der Waals surface area contributed by atoms with Crippen molar-refractivity contribution < 1.29 is 0 Å². The van der Waals surface area contributed by atoms with Gasteiger partial charge in [0.2, 0.25) is 0 Å². The standard InChI is InChI=1S/C14H32N2/c1-4-6-8-11-14(3,5-2)12-9-7-10-13(15)16/h13H,4-12,15-16H2,1-3H3. The minimum absolute atomic E-state index is 0.118. The van der Waals surface area contributed by atoms with E-state index in [4.69, 9.17) is 11.5 Å². The molecule has 0 aromatic rings. The molecule has 0 rings (SSSR count). The Morgan fingerprint density at radius 2 is 1.50 bits per heavy atom. The lowest BCUT2D eigenvalue weighted by atomic mass is 9.78. The molecule has 0 heterocycles. The molecule has 0 aromatic carbocycles. The molecule has 16 heavy (non-hydrogen) atoms. The summed E-state index contributed by atoms with van der Waals surface area (Å²) in [7, 11) is 0. The molecule has 0 fully saturated rings. The maximum Gasteiger partial charge on any atom is 0.0520 e. The Balaban J connectivity index is 3.69. The summed E-state index contributed by atoms with van der Waals surface area (Å²) in [4.78, 5) is 0. The van der Waals surface area contributed by atoms with Crippen LogP contribution in [0.2, 0.25) is 0 Å². The zero-order chi connectivity index (χ0) is 12.4. The molecule has 0 radical (unpaired) electrons. The lowest BCUT2D eigenvalue weighted by Gasteiger charge is -2.28. The fourth-order valence-corrected chi connectivity index (χ4v) is 2.21. The van der Waals surface area contributed by atoms with Gasteiger partial charge in [-0.05, 0) is 24.7 Å². The summed E-state index contributed by atoms with van der Waals surface area (Å²) in [5, 5.41) is 0. The monoisotopic (exact) mass is 228 g/mol. The van der Waals surface area contributed by atoms with Crippen LogP contribution in [-0.2, 0) is 0 Å². The van der Waals surface area contributed by atoms with Crippen molar-refractivity contribution in [3.8, 4) is 0 Å². The third-order valence-corrected chi connectivity index (χ3v) is 3.81. The molecule has 1 atom stereocenters. The molecule has 0 amide bonds. The van der Waals surface area contributed by atoms with Crippen molar-refractivity contribution >= 4 is 0 Å². The minimum atomic E-state index is -0.118.